The van der Waals surface area contributed by atoms with Gasteiger partial charge in [-0.3, -0.25) is 19.5 Å². The van der Waals surface area contributed by atoms with Crippen LogP contribution in [0.2, 0.25) is 0 Å². The zero-order valence-corrected chi connectivity index (χ0v) is 18.7. The maximum absolute atomic E-state index is 13.4. The molecule has 1 atom stereocenters. The third-order valence-electron chi connectivity index (χ3n) is 6.30. The minimum Gasteiger partial charge on any atom is -0.335 e. The first kappa shape index (κ1) is 20.8. The topological polar surface area (TPSA) is 56.8 Å². The summed E-state index contributed by atoms with van der Waals surface area (Å²) in [5.74, 6) is 0.113. The Morgan fingerprint density at radius 1 is 0.938 bits per heavy atom. The first-order valence-corrected chi connectivity index (χ1v) is 11.9. The summed E-state index contributed by atoms with van der Waals surface area (Å²) in [6.45, 7) is 3.73. The van der Waals surface area contributed by atoms with Gasteiger partial charge in [-0.15, -0.1) is 11.3 Å². The molecular weight excluding hydrogens is 420 g/mol. The van der Waals surface area contributed by atoms with E-state index in [1.165, 1.54) is 10.4 Å². The van der Waals surface area contributed by atoms with E-state index in [2.05, 4.69) is 33.5 Å². The van der Waals surface area contributed by atoms with E-state index in [9.17, 15) is 9.59 Å². The highest BCUT2D eigenvalue weighted by Crippen LogP contribution is 2.37. The summed E-state index contributed by atoms with van der Waals surface area (Å²) in [5, 5.41) is 2.13. The minimum absolute atomic E-state index is 0.0225. The van der Waals surface area contributed by atoms with Crippen molar-refractivity contribution < 1.29 is 9.59 Å². The lowest BCUT2D eigenvalue weighted by atomic mass is 9.93. The highest BCUT2D eigenvalue weighted by Gasteiger charge is 2.34. The average Bonchev–Trinajstić information content (AvgIpc) is 3.33. The van der Waals surface area contributed by atoms with Gasteiger partial charge in [0.1, 0.15) is 5.69 Å². The van der Waals surface area contributed by atoms with Crippen molar-refractivity contribution in [3.63, 3.8) is 0 Å². The second-order valence-corrected chi connectivity index (χ2v) is 9.23. The molecule has 0 bridgehead atoms. The standard InChI is InChI=1S/C25H26N4O2S/c30-23(18-27-13-15-28(16-14-27)25(31)21-8-4-5-11-26-21)29-12-9-22-20(10-17-32-22)24(29)19-6-2-1-3-7-19/h1-8,10-11,17,24H,9,12-16,18H2. The zero-order valence-electron chi connectivity index (χ0n) is 17.9. The largest absolute Gasteiger partial charge is 0.335 e. The van der Waals surface area contributed by atoms with Gasteiger partial charge in [0.2, 0.25) is 5.91 Å². The van der Waals surface area contributed by atoms with Crippen LogP contribution < -0.4 is 0 Å². The van der Waals surface area contributed by atoms with E-state index in [4.69, 9.17) is 0 Å². The molecule has 7 heteroatoms. The van der Waals surface area contributed by atoms with Gasteiger partial charge in [-0.1, -0.05) is 36.4 Å². The van der Waals surface area contributed by atoms with E-state index < -0.39 is 0 Å². The van der Waals surface area contributed by atoms with Crippen molar-refractivity contribution in [3.05, 3.63) is 87.9 Å². The molecule has 4 heterocycles. The Balaban J connectivity index is 1.25. The van der Waals surface area contributed by atoms with Crippen LogP contribution in [-0.2, 0) is 11.2 Å². The van der Waals surface area contributed by atoms with Gasteiger partial charge in [-0.2, -0.15) is 0 Å². The van der Waals surface area contributed by atoms with Crippen molar-refractivity contribution in [2.45, 2.75) is 12.5 Å². The van der Waals surface area contributed by atoms with Crippen LogP contribution in [-0.4, -0.2) is 70.8 Å². The van der Waals surface area contributed by atoms with Crippen LogP contribution in [0.15, 0.2) is 66.2 Å². The number of piperazine rings is 1. The maximum Gasteiger partial charge on any atom is 0.272 e. The summed E-state index contributed by atoms with van der Waals surface area (Å²) in [4.78, 5) is 37.6. The summed E-state index contributed by atoms with van der Waals surface area (Å²) in [5.41, 5.74) is 2.89. The smallest absolute Gasteiger partial charge is 0.272 e. The normalized spacial score (nSPS) is 18.9. The maximum atomic E-state index is 13.4. The van der Waals surface area contributed by atoms with E-state index in [0.29, 0.717) is 38.4 Å². The van der Waals surface area contributed by atoms with Crippen molar-refractivity contribution in [1.82, 2.24) is 19.7 Å². The molecule has 0 N–H and O–H groups in total. The number of hydrogen-bond acceptors (Lipinski definition) is 5. The predicted molar refractivity (Wildman–Crippen MR) is 125 cm³/mol. The number of fused-ring (bicyclic) bond motifs is 1. The lowest BCUT2D eigenvalue weighted by Crippen LogP contribution is -2.52. The third kappa shape index (κ3) is 4.18. The highest BCUT2D eigenvalue weighted by atomic mass is 32.1. The van der Waals surface area contributed by atoms with Crippen LogP contribution in [0.3, 0.4) is 0 Å². The average molecular weight is 447 g/mol. The highest BCUT2D eigenvalue weighted by molar-refractivity contribution is 7.10. The molecule has 1 saturated heterocycles. The molecule has 2 aliphatic rings. The van der Waals surface area contributed by atoms with E-state index in [1.807, 2.05) is 40.1 Å². The Labute approximate surface area is 192 Å². The van der Waals surface area contributed by atoms with Gasteiger partial charge >= 0.3 is 0 Å². The zero-order chi connectivity index (χ0) is 21.9. The number of benzene rings is 1. The monoisotopic (exact) mass is 446 g/mol. The molecule has 1 fully saturated rings. The molecule has 2 aromatic heterocycles. The molecule has 2 aliphatic heterocycles. The molecule has 0 radical (unpaired) electrons. The van der Waals surface area contributed by atoms with Gasteiger partial charge in [0.25, 0.3) is 5.91 Å². The molecule has 2 amide bonds. The van der Waals surface area contributed by atoms with Gasteiger partial charge in [0.05, 0.1) is 12.6 Å². The van der Waals surface area contributed by atoms with Crippen molar-refractivity contribution >= 4 is 23.2 Å². The molecule has 1 aromatic carbocycles. The summed E-state index contributed by atoms with van der Waals surface area (Å²) in [6.07, 6.45) is 2.55. The quantitative estimate of drug-likeness (QED) is 0.618. The van der Waals surface area contributed by atoms with E-state index >= 15 is 0 Å². The van der Waals surface area contributed by atoms with Crippen LogP contribution >= 0.6 is 11.3 Å². The molecule has 32 heavy (non-hydrogen) atoms. The summed E-state index contributed by atoms with van der Waals surface area (Å²) < 4.78 is 0. The van der Waals surface area contributed by atoms with E-state index in [1.54, 1.807) is 23.6 Å². The van der Waals surface area contributed by atoms with Crippen molar-refractivity contribution in [2.24, 2.45) is 0 Å². The van der Waals surface area contributed by atoms with E-state index in [0.717, 1.165) is 18.5 Å². The second kappa shape index (κ2) is 9.22. The molecule has 0 spiro atoms. The number of pyridine rings is 1. The van der Waals surface area contributed by atoms with Gasteiger partial charge in [0.15, 0.2) is 0 Å². The van der Waals surface area contributed by atoms with Crippen molar-refractivity contribution in [2.75, 3.05) is 39.3 Å². The Morgan fingerprint density at radius 2 is 1.72 bits per heavy atom. The van der Waals surface area contributed by atoms with Crippen LogP contribution in [0.4, 0.5) is 0 Å². The molecule has 3 aromatic rings. The molecule has 0 aliphatic carbocycles. The first-order chi connectivity index (χ1) is 15.7. The number of carbonyl (C=O) groups excluding carboxylic acids is 2. The van der Waals surface area contributed by atoms with Crippen LogP contribution in [0.1, 0.15) is 32.5 Å². The van der Waals surface area contributed by atoms with Gasteiger partial charge in [-0.25, -0.2) is 0 Å². The summed E-state index contributed by atoms with van der Waals surface area (Å²) in [7, 11) is 0. The van der Waals surface area contributed by atoms with Gasteiger partial charge in [0, 0.05) is 43.8 Å². The van der Waals surface area contributed by atoms with Crippen LogP contribution in [0.5, 0.6) is 0 Å². The number of thiophene rings is 1. The van der Waals surface area contributed by atoms with Gasteiger partial charge < -0.3 is 9.80 Å². The van der Waals surface area contributed by atoms with Crippen LogP contribution in [0, 0.1) is 0 Å². The fourth-order valence-electron chi connectivity index (χ4n) is 4.62. The lowest BCUT2D eigenvalue weighted by Gasteiger charge is -2.39. The molecular formula is C25H26N4O2S. The van der Waals surface area contributed by atoms with E-state index in [-0.39, 0.29) is 17.9 Å². The Morgan fingerprint density at radius 3 is 2.47 bits per heavy atom. The second-order valence-electron chi connectivity index (χ2n) is 8.23. The summed E-state index contributed by atoms with van der Waals surface area (Å²) >= 11 is 1.78. The number of nitrogens with zero attached hydrogens (tertiary/aromatic N) is 4. The third-order valence-corrected chi connectivity index (χ3v) is 7.30. The fourth-order valence-corrected chi connectivity index (χ4v) is 5.53. The van der Waals surface area contributed by atoms with Crippen molar-refractivity contribution in [1.29, 1.82) is 0 Å². The SMILES string of the molecule is O=C(c1ccccn1)N1CCN(CC(=O)N2CCc3sccc3C2c2ccccc2)CC1. The van der Waals surface area contributed by atoms with Crippen LogP contribution in [0.25, 0.3) is 0 Å². The number of aromatic nitrogens is 1. The van der Waals surface area contributed by atoms with Crippen molar-refractivity contribution in [3.8, 4) is 0 Å². The minimum atomic E-state index is -0.0401. The summed E-state index contributed by atoms with van der Waals surface area (Å²) in [6, 6.07) is 17.8. The molecule has 1 unspecified atom stereocenters. The number of rotatable bonds is 4. The van der Waals surface area contributed by atoms with Gasteiger partial charge in [-0.05, 0) is 41.1 Å². The fraction of sp³-hybridized carbons (Fsp3) is 0.320. The Hall–Kier alpha value is -3.03. The molecule has 5 rings (SSSR count). The Bertz CT molecular complexity index is 1080. The molecule has 6 nitrogen and oxygen atoms in total. The first-order valence-electron chi connectivity index (χ1n) is 11.0. The molecule has 0 saturated carbocycles. The number of amides is 2. The Kier molecular flexibility index (Phi) is 6.01. The number of hydrogen-bond donors (Lipinski definition) is 0. The lowest BCUT2D eigenvalue weighted by molar-refractivity contribution is -0.134. The molecule has 164 valence electrons. The predicted octanol–water partition coefficient (Wildman–Crippen LogP) is 3.08. The number of carbonyl (C=O) groups is 2.